The van der Waals surface area contributed by atoms with E-state index in [1.54, 1.807) is 0 Å². The van der Waals surface area contributed by atoms with Crippen LogP contribution in [-0.4, -0.2) is 49.2 Å². The number of aryl methyl sites for hydroxylation is 1. The molecule has 0 bridgehead atoms. The second-order valence-corrected chi connectivity index (χ2v) is 6.16. The number of hydrogen-bond donors (Lipinski definition) is 1. The van der Waals surface area contributed by atoms with Crippen molar-refractivity contribution in [1.82, 2.24) is 4.90 Å². The average molecular weight is 290 g/mol. The number of aliphatic hydroxyl groups excluding tert-OH is 1. The Balaban J connectivity index is 1.89. The first-order valence-corrected chi connectivity index (χ1v) is 7.69. The van der Waals surface area contributed by atoms with E-state index in [0.717, 1.165) is 19.4 Å². The van der Waals surface area contributed by atoms with E-state index in [2.05, 4.69) is 36.1 Å². The number of amides is 1. The Bertz CT molecular complexity index is 470. The molecule has 1 saturated heterocycles. The molecule has 2 rings (SSSR count). The van der Waals surface area contributed by atoms with Crippen molar-refractivity contribution in [2.45, 2.75) is 32.2 Å². The zero-order chi connectivity index (χ0) is 15.4. The molecule has 2 unspecified atom stereocenters. The SMILES string of the molecule is CC1CCN(C(=O)CCc2ccc(N(C)C)cc2)C1CO. The third-order valence-electron chi connectivity index (χ3n) is 4.47. The summed E-state index contributed by atoms with van der Waals surface area (Å²) in [4.78, 5) is 16.2. The van der Waals surface area contributed by atoms with Crippen molar-refractivity contribution in [2.75, 3.05) is 32.1 Å². The third-order valence-corrected chi connectivity index (χ3v) is 4.47. The molecule has 0 saturated carbocycles. The van der Waals surface area contributed by atoms with Gasteiger partial charge in [-0.1, -0.05) is 19.1 Å². The number of hydrogen-bond acceptors (Lipinski definition) is 3. The van der Waals surface area contributed by atoms with E-state index in [9.17, 15) is 9.90 Å². The fourth-order valence-electron chi connectivity index (χ4n) is 2.95. The van der Waals surface area contributed by atoms with Gasteiger partial charge in [-0.05, 0) is 36.5 Å². The molecule has 1 heterocycles. The standard InChI is InChI=1S/C17H26N2O2/c1-13-10-11-19(16(13)12-20)17(21)9-6-14-4-7-15(8-5-14)18(2)3/h4-5,7-8,13,16,20H,6,9-12H2,1-3H3. The Morgan fingerprint density at radius 2 is 2.00 bits per heavy atom. The maximum absolute atomic E-state index is 12.3. The summed E-state index contributed by atoms with van der Waals surface area (Å²) in [5, 5.41) is 9.42. The molecule has 1 aromatic carbocycles. The van der Waals surface area contributed by atoms with Gasteiger partial charge in [-0.25, -0.2) is 0 Å². The Kier molecular flexibility index (Phi) is 5.23. The lowest BCUT2D eigenvalue weighted by Crippen LogP contribution is -2.39. The normalized spacial score (nSPS) is 21.6. The largest absolute Gasteiger partial charge is 0.394 e. The first-order chi connectivity index (χ1) is 10.0. The topological polar surface area (TPSA) is 43.8 Å². The summed E-state index contributed by atoms with van der Waals surface area (Å²) >= 11 is 0. The van der Waals surface area contributed by atoms with Crippen molar-refractivity contribution in [3.63, 3.8) is 0 Å². The van der Waals surface area contributed by atoms with Crippen LogP contribution in [-0.2, 0) is 11.2 Å². The van der Waals surface area contributed by atoms with Gasteiger partial charge in [0.25, 0.3) is 0 Å². The van der Waals surface area contributed by atoms with Crippen molar-refractivity contribution < 1.29 is 9.90 Å². The summed E-state index contributed by atoms with van der Waals surface area (Å²) in [5.74, 6) is 0.563. The van der Waals surface area contributed by atoms with E-state index in [1.165, 1.54) is 11.3 Å². The summed E-state index contributed by atoms with van der Waals surface area (Å²) in [6.07, 6.45) is 2.27. The van der Waals surface area contributed by atoms with Gasteiger partial charge in [-0.15, -0.1) is 0 Å². The van der Waals surface area contributed by atoms with Crippen molar-refractivity contribution in [3.05, 3.63) is 29.8 Å². The third kappa shape index (κ3) is 3.76. The molecule has 21 heavy (non-hydrogen) atoms. The highest BCUT2D eigenvalue weighted by molar-refractivity contribution is 5.77. The van der Waals surface area contributed by atoms with Crippen LogP contribution in [0, 0.1) is 5.92 Å². The number of aliphatic hydroxyl groups is 1. The molecule has 0 aliphatic carbocycles. The highest BCUT2D eigenvalue weighted by Gasteiger charge is 2.33. The van der Waals surface area contributed by atoms with Gasteiger partial charge in [0.2, 0.25) is 5.91 Å². The van der Waals surface area contributed by atoms with Gasteiger partial charge in [0.05, 0.1) is 12.6 Å². The monoisotopic (exact) mass is 290 g/mol. The smallest absolute Gasteiger partial charge is 0.223 e. The average Bonchev–Trinajstić information content (AvgIpc) is 2.86. The van der Waals surface area contributed by atoms with Gasteiger partial charge < -0.3 is 14.9 Å². The quantitative estimate of drug-likeness (QED) is 0.901. The number of anilines is 1. The number of nitrogens with zero attached hydrogens (tertiary/aromatic N) is 2. The minimum atomic E-state index is 0.00798. The minimum Gasteiger partial charge on any atom is -0.394 e. The van der Waals surface area contributed by atoms with E-state index >= 15 is 0 Å². The second-order valence-electron chi connectivity index (χ2n) is 6.16. The summed E-state index contributed by atoms with van der Waals surface area (Å²) in [7, 11) is 4.03. The number of likely N-dealkylation sites (tertiary alicyclic amines) is 1. The zero-order valence-corrected chi connectivity index (χ0v) is 13.2. The van der Waals surface area contributed by atoms with Crippen molar-refractivity contribution in [3.8, 4) is 0 Å². The second kappa shape index (κ2) is 6.94. The fraction of sp³-hybridized carbons (Fsp3) is 0.588. The predicted molar refractivity (Wildman–Crippen MR) is 85.5 cm³/mol. The molecule has 116 valence electrons. The molecule has 4 heteroatoms. The molecule has 0 radical (unpaired) electrons. The molecule has 0 aromatic heterocycles. The van der Waals surface area contributed by atoms with E-state index in [0.29, 0.717) is 12.3 Å². The van der Waals surface area contributed by atoms with Gasteiger partial charge in [0.15, 0.2) is 0 Å². The predicted octanol–water partition coefficient (Wildman–Crippen LogP) is 1.91. The van der Waals surface area contributed by atoms with Crippen LogP contribution >= 0.6 is 0 Å². The van der Waals surface area contributed by atoms with E-state index in [-0.39, 0.29) is 18.6 Å². The Labute approximate surface area is 127 Å². The summed E-state index contributed by atoms with van der Waals surface area (Å²) in [6.45, 7) is 2.96. The molecule has 1 N–H and O–H groups in total. The van der Waals surface area contributed by atoms with Crippen LogP contribution < -0.4 is 4.90 Å². The highest BCUT2D eigenvalue weighted by Crippen LogP contribution is 2.24. The van der Waals surface area contributed by atoms with Crippen molar-refractivity contribution in [2.24, 2.45) is 5.92 Å². The fourth-order valence-corrected chi connectivity index (χ4v) is 2.95. The van der Waals surface area contributed by atoms with Crippen LogP contribution in [0.4, 0.5) is 5.69 Å². The van der Waals surface area contributed by atoms with E-state index in [4.69, 9.17) is 0 Å². The Hall–Kier alpha value is -1.55. The first-order valence-electron chi connectivity index (χ1n) is 7.69. The van der Waals surface area contributed by atoms with Crippen LogP contribution in [0.15, 0.2) is 24.3 Å². The van der Waals surface area contributed by atoms with Crippen molar-refractivity contribution in [1.29, 1.82) is 0 Å². The molecule has 2 atom stereocenters. The Morgan fingerprint density at radius 1 is 1.33 bits per heavy atom. The molecule has 1 aromatic rings. The lowest BCUT2D eigenvalue weighted by molar-refractivity contribution is -0.133. The van der Waals surface area contributed by atoms with Crippen LogP contribution in [0.3, 0.4) is 0 Å². The maximum Gasteiger partial charge on any atom is 0.223 e. The zero-order valence-electron chi connectivity index (χ0n) is 13.2. The van der Waals surface area contributed by atoms with Gasteiger partial charge in [0.1, 0.15) is 0 Å². The molecule has 1 aliphatic heterocycles. The molecule has 0 spiro atoms. The van der Waals surface area contributed by atoms with Gasteiger partial charge in [0, 0.05) is 32.7 Å². The molecular weight excluding hydrogens is 264 g/mol. The van der Waals surface area contributed by atoms with Gasteiger partial charge >= 0.3 is 0 Å². The minimum absolute atomic E-state index is 0.00798. The van der Waals surface area contributed by atoms with Crippen LogP contribution in [0.2, 0.25) is 0 Å². The highest BCUT2D eigenvalue weighted by atomic mass is 16.3. The number of rotatable bonds is 5. The Morgan fingerprint density at radius 3 is 2.57 bits per heavy atom. The summed E-state index contributed by atoms with van der Waals surface area (Å²) in [5.41, 5.74) is 2.35. The molecule has 1 fully saturated rings. The van der Waals surface area contributed by atoms with Crippen LogP contribution in [0.5, 0.6) is 0 Å². The molecule has 1 amide bonds. The first kappa shape index (κ1) is 15.8. The maximum atomic E-state index is 12.3. The number of benzene rings is 1. The van der Waals surface area contributed by atoms with Crippen LogP contribution in [0.1, 0.15) is 25.3 Å². The molecular formula is C17H26N2O2. The van der Waals surface area contributed by atoms with E-state index in [1.807, 2.05) is 19.0 Å². The van der Waals surface area contributed by atoms with Gasteiger partial charge in [-0.2, -0.15) is 0 Å². The molecule has 4 nitrogen and oxygen atoms in total. The summed E-state index contributed by atoms with van der Waals surface area (Å²) < 4.78 is 0. The number of carbonyl (C=O) groups excluding carboxylic acids is 1. The van der Waals surface area contributed by atoms with Crippen LogP contribution in [0.25, 0.3) is 0 Å². The number of carbonyl (C=O) groups is 1. The van der Waals surface area contributed by atoms with Crippen molar-refractivity contribution >= 4 is 11.6 Å². The van der Waals surface area contributed by atoms with Gasteiger partial charge in [-0.3, -0.25) is 4.79 Å². The summed E-state index contributed by atoms with van der Waals surface area (Å²) in [6, 6.07) is 8.33. The lowest BCUT2D eigenvalue weighted by Gasteiger charge is -2.25. The van der Waals surface area contributed by atoms with E-state index < -0.39 is 0 Å². The lowest BCUT2D eigenvalue weighted by atomic mass is 10.0. The molecule has 1 aliphatic rings.